The maximum absolute atomic E-state index is 14.4. The first-order chi connectivity index (χ1) is 18.4. The number of carboxylic acid groups (broad SMARTS) is 1. The second-order valence-corrected chi connectivity index (χ2v) is 11.7. The van der Waals surface area contributed by atoms with Crippen LogP contribution >= 0.6 is 19.3 Å². The van der Waals surface area contributed by atoms with Crippen LogP contribution in [0.2, 0.25) is 0 Å². The van der Waals surface area contributed by atoms with E-state index in [2.05, 4.69) is 9.97 Å². The van der Waals surface area contributed by atoms with Gasteiger partial charge in [-0.25, -0.2) is 14.3 Å². The van der Waals surface area contributed by atoms with Crippen LogP contribution in [0.25, 0.3) is 0 Å². The Morgan fingerprint density at radius 3 is 2.59 bits per heavy atom. The van der Waals surface area contributed by atoms with Crippen LogP contribution in [0.3, 0.4) is 0 Å². The maximum atomic E-state index is 14.4. The molecule has 1 saturated heterocycles. The van der Waals surface area contributed by atoms with Gasteiger partial charge < -0.3 is 29.9 Å². The summed E-state index contributed by atoms with van der Waals surface area (Å²) in [5.74, 6) is -1.24. The van der Waals surface area contributed by atoms with Crippen LogP contribution in [0.4, 0.5) is 5.82 Å². The highest BCUT2D eigenvalue weighted by Gasteiger charge is 2.57. The predicted molar refractivity (Wildman–Crippen MR) is 142 cm³/mol. The minimum absolute atomic E-state index is 0.0405. The van der Waals surface area contributed by atoms with E-state index in [1.165, 1.54) is 18.7 Å². The quantitative estimate of drug-likeness (QED) is 0.198. The fraction of sp³-hybridized carbons (Fsp3) is 0.542. The summed E-state index contributed by atoms with van der Waals surface area (Å²) in [6, 6.07) is 6.93. The number of hydrogen-bond donors (Lipinski definition) is 4. The van der Waals surface area contributed by atoms with Crippen molar-refractivity contribution in [3.05, 3.63) is 52.6 Å². The van der Waals surface area contributed by atoms with Gasteiger partial charge in [-0.1, -0.05) is 50.1 Å². The number of halogens is 1. The number of aliphatic hydroxyl groups excluding tert-OH is 1. The number of anilines is 1. The van der Waals surface area contributed by atoms with Crippen LogP contribution in [0, 0.1) is 5.92 Å². The van der Waals surface area contributed by atoms with Crippen molar-refractivity contribution in [2.45, 2.75) is 56.6 Å². The molecule has 5 N–H and O–H groups in total. The number of hydrogen-bond acceptors (Lipinski definition) is 10. The molecule has 216 valence electrons. The number of carboxylic acids is 1. The van der Waals surface area contributed by atoms with Crippen molar-refractivity contribution in [3.63, 3.8) is 0 Å². The Morgan fingerprint density at radius 1 is 1.36 bits per heavy atom. The molecule has 7 atom stereocenters. The Morgan fingerprint density at radius 2 is 2.03 bits per heavy atom. The molecule has 2 heterocycles. The van der Waals surface area contributed by atoms with Crippen molar-refractivity contribution in [3.8, 4) is 5.75 Å². The molecular weight excluding hydrogens is 555 g/mol. The van der Waals surface area contributed by atoms with Crippen molar-refractivity contribution in [1.29, 1.82) is 0 Å². The Balaban J connectivity index is 1.95. The molecule has 1 fully saturated rings. The van der Waals surface area contributed by atoms with Gasteiger partial charge in [0.15, 0.2) is 0 Å². The standard InChI is InChI=1S/C24H34ClN4O9P/c1-5-14(2)12-29(15(3)22(31)32)39(34,38-16-9-7-6-8-10-16)36-13-18-19(30)20(35-4)24(25,37-18)17-11-27-23(33)28-21(17)26/h6-11,14-15,18-20,30H,5,12-13H2,1-4H3,(H,31,32)(H3,26,27,28,33)/t14?,15?,18-,19-,20-,24+,39-/m1/s1. The van der Waals surface area contributed by atoms with E-state index >= 15 is 0 Å². The molecule has 0 saturated carbocycles. The summed E-state index contributed by atoms with van der Waals surface area (Å²) in [6.07, 6.45) is -2.06. The number of nitrogens with two attached hydrogens (primary N) is 1. The molecule has 1 aliphatic rings. The lowest BCUT2D eigenvalue weighted by Crippen LogP contribution is -2.42. The first-order valence-corrected chi connectivity index (χ1v) is 14.2. The molecule has 1 aliphatic heterocycles. The van der Waals surface area contributed by atoms with E-state index in [-0.39, 0.29) is 29.6 Å². The third-order valence-corrected chi connectivity index (χ3v) is 9.09. The molecule has 0 radical (unpaired) electrons. The first kappa shape index (κ1) is 31.0. The molecule has 39 heavy (non-hydrogen) atoms. The lowest BCUT2D eigenvalue weighted by atomic mass is 10.0. The number of benzene rings is 1. The Hall–Kier alpha value is -2.51. The molecule has 0 aliphatic carbocycles. The number of carbonyl (C=O) groups is 1. The molecule has 3 rings (SSSR count). The average molecular weight is 589 g/mol. The van der Waals surface area contributed by atoms with Gasteiger partial charge in [-0.2, -0.15) is 4.67 Å². The Kier molecular flexibility index (Phi) is 10.2. The van der Waals surface area contributed by atoms with Gasteiger partial charge in [-0.3, -0.25) is 14.3 Å². The van der Waals surface area contributed by atoms with Crippen LogP contribution in [0.1, 0.15) is 32.8 Å². The van der Waals surface area contributed by atoms with E-state index in [0.29, 0.717) is 6.42 Å². The number of aliphatic carboxylic acids is 1. The van der Waals surface area contributed by atoms with E-state index in [0.717, 1.165) is 6.20 Å². The summed E-state index contributed by atoms with van der Waals surface area (Å²) in [4.78, 5) is 29.5. The summed E-state index contributed by atoms with van der Waals surface area (Å²) in [5.41, 5.74) is 5.26. The smallest absolute Gasteiger partial charge is 0.462 e. The molecule has 0 bridgehead atoms. The number of alkyl halides is 1. The largest absolute Gasteiger partial charge is 0.480 e. The number of nitrogens with zero attached hydrogens (tertiary/aromatic N) is 2. The SMILES string of the molecule is CCC(C)CN(C(C)C(=O)O)[P@@](=O)(OC[C@H]1O[C@@](Cl)(c2cnc(=O)[nH]c2N)[C@H](OC)[C@@H]1O)Oc1ccccc1. The predicted octanol–water partition coefficient (Wildman–Crippen LogP) is 2.54. The van der Waals surface area contributed by atoms with Gasteiger partial charge in [0.1, 0.15) is 35.9 Å². The number of methoxy groups -OCH3 is 1. The molecular formula is C24H34ClN4O9P. The Bertz CT molecular complexity index is 1240. The van der Waals surface area contributed by atoms with Gasteiger partial charge in [-0.05, 0) is 25.0 Å². The molecule has 13 nitrogen and oxygen atoms in total. The van der Waals surface area contributed by atoms with Crippen LogP contribution < -0.4 is 15.9 Å². The summed E-state index contributed by atoms with van der Waals surface area (Å²) in [7, 11) is -3.08. The van der Waals surface area contributed by atoms with E-state index in [1.54, 1.807) is 30.3 Å². The number of aromatic amines is 1. The summed E-state index contributed by atoms with van der Waals surface area (Å²) < 4.78 is 38.5. The summed E-state index contributed by atoms with van der Waals surface area (Å²) in [6.45, 7) is 4.74. The monoisotopic (exact) mass is 588 g/mol. The van der Waals surface area contributed by atoms with Crippen molar-refractivity contribution in [2.75, 3.05) is 26.0 Å². The van der Waals surface area contributed by atoms with Gasteiger partial charge in [0.25, 0.3) is 0 Å². The lowest BCUT2D eigenvalue weighted by Gasteiger charge is -2.34. The molecule has 2 aromatic rings. The molecule has 1 aromatic carbocycles. The zero-order valence-corrected chi connectivity index (χ0v) is 23.7. The number of H-pyrrole nitrogens is 1. The first-order valence-electron chi connectivity index (χ1n) is 12.3. The second kappa shape index (κ2) is 12.8. The van der Waals surface area contributed by atoms with E-state index in [9.17, 15) is 24.4 Å². The van der Waals surface area contributed by atoms with E-state index < -0.39 is 55.4 Å². The van der Waals surface area contributed by atoms with Crippen molar-refractivity contribution < 1.29 is 38.1 Å². The van der Waals surface area contributed by atoms with E-state index in [1.807, 2.05) is 13.8 Å². The maximum Gasteiger partial charge on any atom is 0.462 e. The number of aromatic nitrogens is 2. The van der Waals surface area contributed by atoms with Gasteiger partial charge in [0, 0.05) is 19.9 Å². The van der Waals surface area contributed by atoms with Crippen molar-refractivity contribution in [2.24, 2.45) is 5.92 Å². The lowest BCUT2D eigenvalue weighted by molar-refractivity contribution is -0.141. The van der Waals surface area contributed by atoms with Crippen molar-refractivity contribution in [1.82, 2.24) is 14.6 Å². The third kappa shape index (κ3) is 6.80. The van der Waals surface area contributed by atoms with Crippen LogP contribution in [0.5, 0.6) is 5.75 Å². The fourth-order valence-corrected chi connectivity index (χ4v) is 6.59. The Labute approximate surface area is 230 Å². The zero-order valence-electron chi connectivity index (χ0n) is 22.0. The highest BCUT2D eigenvalue weighted by atomic mass is 35.5. The number of rotatable bonds is 13. The number of ether oxygens (including phenoxy) is 2. The normalized spacial score (nSPS) is 26.2. The zero-order chi connectivity index (χ0) is 29.0. The highest BCUT2D eigenvalue weighted by molar-refractivity contribution is 7.51. The average Bonchev–Trinajstić information content (AvgIpc) is 3.14. The third-order valence-electron chi connectivity index (χ3n) is 6.52. The van der Waals surface area contributed by atoms with Gasteiger partial charge in [0.2, 0.25) is 5.06 Å². The number of nitrogen functional groups attached to an aromatic ring is 1. The summed E-state index contributed by atoms with van der Waals surface area (Å²) in [5, 5.41) is 18.9. The van der Waals surface area contributed by atoms with E-state index in [4.69, 9.17) is 35.9 Å². The van der Waals surface area contributed by atoms with Gasteiger partial charge in [0.05, 0.1) is 12.2 Å². The second-order valence-electron chi connectivity index (χ2n) is 9.28. The van der Waals surface area contributed by atoms with Gasteiger partial charge in [-0.15, -0.1) is 0 Å². The number of nitrogens with one attached hydrogen (secondary N) is 1. The van der Waals surface area contributed by atoms with Crippen LogP contribution in [-0.2, 0) is 28.4 Å². The van der Waals surface area contributed by atoms with Crippen LogP contribution in [0.15, 0.2) is 41.3 Å². The summed E-state index contributed by atoms with van der Waals surface area (Å²) >= 11 is 6.74. The molecule has 0 spiro atoms. The number of para-hydroxylation sites is 1. The molecule has 15 heteroatoms. The minimum atomic E-state index is -4.37. The number of aliphatic hydroxyl groups is 1. The molecule has 1 aromatic heterocycles. The van der Waals surface area contributed by atoms with Crippen LogP contribution in [-0.4, -0.2) is 75.4 Å². The fourth-order valence-electron chi connectivity index (χ4n) is 4.07. The minimum Gasteiger partial charge on any atom is -0.480 e. The molecule has 2 unspecified atom stereocenters. The molecule has 0 amide bonds. The van der Waals surface area contributed by atoms with Crippen molar-refractivity contribution >= 4 is 31.1 Å². The van der Waals surface area contributed by atoms with Gasteiger partial charge >= 0.3 is 19.4 Å². The highest BCUT2D eigenvalue weighted by Crippen LogP contribution is 2.55. The topological polar surface area (TPSA) is 187 Å².